The van der Waals surface area contributed by atoms with Gasteiger partial charge in [-0.15, -0.1) is 0 Å². The van der Waals surface area contributed by atoms with Gasteiger partial charge < -0.3 is 14.6 Å². The molecule has 0 amide bonds. The minimum Gasteiger partial charge on any atom is -0.481 e. The Kier molecular flexibility index (Phi) is 0.863. The van der Waals surface area contributed by atoms with Crippen LogP contribution in [0.25, 0.3) is 0 Å². The second kappa shape index (κ2) is 1.59. The first-order valence-electron chi connectivity index (χ1n) is 3.81. The highest BCUT2D eigenvalue weighted by Crippen LogP contribution is 2.50. The Bertz CT molecular complexity index is 226. The van der Waals surface area contributed by atoms with Gasteiger partial charge in [0.05, 0.1) is 12.0 Å². The van der Waals surface area contributed by atoms with Crippen molar-refractivity contribution >= 4 is 5.97 Å². The minimum atomic E-state index is -0.744. The lowest BCUT2D eigenvalue weighted by Gasteiger charge is -2.10. The van der Waals surface area contributed by atoms with Gasteiger partial charge >= 0.3 is 5.97 Å². The third-order valence-corrected chi connectivity index (χ3v) is 2.78. The van der Waals surface area contributed by atoms with E-state index in [1.807, 2.05) is 0 Å². The van der Waals surface area contributed by atoms with Crippen molar-refractivity contribution in [1.29, 1.82) is 0 Å². The van der Waals surface area contributed by atoms with Gasteiger partial charge in [0, 0.05) is 0 Å². The summed E-state index contributed by atoms with van der Waals surface area (Å²) in [6.07, 6.45) is 0.903. The van der Waals surface area contributed by atoms with Gasteiger partial charge in [-0.25, -0.2) is 0 Å². The van der Waals surface area contributed by atoms with Gasteiger partial charge in [-0.2, -0.15) is 0 Å². The molecule has 0 saturated carbocycles. The Morgan fingerprint density at radius 1 is 1.27 bits per heavy atom. The van der Waals surface area contributed by atoms with Crippen molar-refractivity contribution in [2.75, 3.05) is 0 Å². The fourth-order valence-corrected chi connectivity index (χ4v) is 2.20. The van der Waals surface area contributed by atoms with E-state index >= 15 is 0 Å². The van der Waals surface area contributed by atoms with Crippen molar-refractivity contribution in [2.45, 2.75) is 30.8 Å². The average molecular weight is 156 g/mol. The van der Waals surface area contributed by atoms with Gasteiger partial charge in [0.25, 0.3) is 0 Å². The molecule has 0 radical (unpaired) electrons. The summed E-state index contributed by atoms with van der Waals surface area (Å²) in [5, 5.41) is 8.74. The number of aliphatic carboxylic acids is 1. The first-order valence-corrected chi connectivity index (χ1v) is 3.81. The smallest absolute Gasteiger partial charge is 0.309 e. The number of ether oxygens (including phenoxy) is 2. The molecule has 0 spiro atoms. The maximum Gasteiger partial charge on any atom is 0.309 e. The van der Waals surface area contributed by atoms with Crippen LogP contribution in [0.1, 0.15) is 6.42 Å². The second-order valence-electron chi connectivity index (χ2n) is 3.38. The van der Waals surface area contributed by atoms with Crippen LogP contribution >= 0.6 is 0 Å². The molecule has 2 bridgehead atoms. The number of carboxylic acids is 1. The number of epoxide rings is 1. The molecule has 0 aliphatic carbocycles. The van der Waals surface area contributed by atoms with Gasteiger partial charge in [-0.3, -0.25) is 4.79 Å². The summed E-state index contributed by atoms with van der Waals surface area (Å²) in [6.45, 7) is 0. The molecule has 3 rings (SSSR count). The summed E-state index contributed by atoms with van der Waals surface area (Å²) in [7, 11) is 0. The molecule has 4 nitrogen and oxygen atoms in total. The fraction of sp³-hybridized carbons (Fsp3) is 0.857. The highest BCUT2D eigenvalue weighted by atomic mass is 16.7. The molecule has 1 N–H and O–H groups in total. The van der Waals surface area contributed by atoms with Crippen molar-refractivity contribution < 1.29 is 19.4 Å². The first kappa shape index (κ1) is 5.97. The lowest BCUT2D eigenvalue weighted by Crippen LogP contribution is -2.30. The average Bonchev–Trinajstić information content (AvgIpc) is 2.57. The summed E-state index contributed by atoms with van der Waals surface area (Å²) in [5.41, 5.74) is 0. The molecular weight excluding hydrogens is 148 g/mol. The topological polar surface area (TPSA) is 59.1 Å². The quantitative estimate of drug-likeness (QED) is 0.526. The molecule has 3 heterocycles. The number of carbonyl (C=O) groups is 1. The van der Waals surface area contributed by atoms with Gasteiger partial charge in [0.2, 0.25) is 0 Å². The van der Waals surface area contributed by atoms with Gasteiger partial charge in [0.1, 0.15) is 18.3 Å². The van der Waals surface area contributed by atoms with E-state index in [9.17, 15) is 4.79 Å². The van der Waals surface area contributed by atoms with Crippen molar-refractivity contribution in [3.05, 3.63) is 0 Å². The lowest BCUT2D eigenvalue weighted by molar-refractivity contribution is -0.143. The Hall–Kier alpha value is -0.610. The van der Waals surface area contributed by atoms with E-state index in [1.165, 1.54) is 0 Å². The molecule has 60 valence electrons. The summed E-state index contributed by atoms with van der Waals surface area (Å²) in [4.78, 5) is 10.6. The summed E-state index contributed by atoms with van der Waals surface area (Å²) < 4.78 is 10.6. The Balaban J connectivity index is 1.87. The lowest BCUT2D eigenvalue weighted by atomic mass is 9.89. The van der Waals surface area contributed by atoms with Crippen LogP contribution in [0.5, 0.6) is 0 Å². The molecule has 5 atom stereocenters. The van der Waals surface area contributed by atoms with Crippen LogP contribution in [0.4, 0.5) is 0 Å². The van der Waals surface area contributed by atoms with Crippen LogP contribution in [-0.2, 0) is 14.3 Å². The SMILES string of the molecule is O=C(O)[C@@H]1C[C@H]2O[C@@H]1[C@H]1O[C@H]12. The van der Waals surface area contributed by atoms with Crippen LogP contribution in [0.15, 0.2) is 0 Å². The van der Waals surface area contributed by atoms with E-state index in [2.05, 4.69) is 0 Å². The standard InChI is InChI=1S/C7H8O4/c8-7(9)2-1-3-5-6(11-5)4(2)10-3/h2-6H,1H2,(H,8,9)/t2-,3-,4+,5+,6-/m1/s1. The van der Waals surface area contributed by atoms with Crippen LogP contribution in [0.3, 0.4) is 0 Å². The molecule has 3 aliphatic rings. The Morgan fingerprint density at radius 2 is 2.09 bits per heavy atom. The molecular formula is C7H8O4. The minimum absolute atomic E-state index is 0.0751. The van der Waals surface area contributed by atoms with Crippen molar-refractivity contribution in [1.82, 2.24) is 0 Å². The predicted octanol–water partition coefficient (Wildman–Crippen LogP) is -0.374. The zero-order valence-corrected chi connectivity index (χ0v) is 5.77. The number of carboxylic acid groups (broad SMARTS) is 1. The highest BCUT2D eigenvalue weighted by Gasteiger charge is 2.66. The largest absolute Gasteiger partial charge is 0.481 e. The van der Waals surface area contributed by atoms with E-state index < -0.39 is 5.97 Å². The van der Waals surface area contributed by atoms with Crippen molar-refractivity contribution in [2.24, 2.45) is 5.92 Å². The number of hydrogen-bond donors (Lipinski definition) is 1. The third-order valence-electron chi connectivity index (χ3n) is 2.78. The van der Waals surface area contributed by atoms with Gasteiger partial charge in [0.15, 0.2) is 0 Å². The van der Waals surface area contributed by atoms with E-state index in [0.717, 1.165) is 0 Å². The van der Waals surface area contributed by atoms with Crippen molar-refractivity contribution in [3.63, 3.8) is 0 Å². The Labute approximate surface area is 63.1 Å². The van der Waals surface area contributed by atoms with Gasteiger partial charge in [-0.1, -0.05) is 0 Å². The summed E-state index contributed by atoms with van der Waals surface area (Å²) >= 11 is 0. The zero-order valence-electron chi connectivity index (χ0n) is 5.77. The normalized spacial score (nSPS) is 57.6. The predicted molar refractivity (Wildman–Crippen MR) is 33.1 cm³/mol. The third kappa shape index (κ3) is 0.594. The summed E-state index contributed by atoms with van der Waals surface area (Å²) in [6, 6.07) is 0. The zero-order chi connectivity index (χ0) is 7.59. The molecule has 0 aromatic heterocycles. The highest BCUT2D eigenvalue weighted by molar-refractivity contribution is 5.72. The van der Waals surface area contributed by atoms with E-state index in [4.69, 9.17) is 14.6 Å². The summed E-state index contributed by atoms with van der Waals surface area (Å²) in [5.74, 6) is -1.06. The molecule has 11 heavy (non-hydrogen) atoms. The molecule has 4 heteroatoms. The fourth-order valence-electron chi connectivity index (χ4n) is 2.20. The number of fused-ring (bicyclic) bond motifs is 5. The van der Waals surface area contributed by atoms with E-state index in [-0.39, 0.29) is 30.3 Å². The molecule has 3 fully saturated rings. The Morgan fingerprint density at radius 3 is 2.64 bits per heavy atom. The van der Waals surface area contributed by atoms with Crippen LogP contribution in [-0.4, -0.2) is 35.5 Å². The number of hydrogen-bond acceptors (Lipinski definition) is 3. The maximum absolute atomic E-state index is 10.6. The van der Waals surface area contributed by atoms with E-state index in [0.29, 0.717) is 6.42 Å². The molecule has 0 unspecified atom stereocenters. The molecule has 0 aromatic rings. The van der Waals surface area contributed by atoms with E-state index in [1.54, 1.807) is 0 Å². The van der Waals surface area contributed by atoms with Gasteiger partial charge in [-0.05, 0) is 6.42 Å². The number of rotatable bonds is 1. The monoisotopic (exact) mass is 156 g/mol. The molecule has 0 aromatic carbocycles. The molecule has 3 saturated heterocycles. The maximum atomic E-state index is 10.6. The van der Waals surface area contributed by atoms with Crippen LogP contribution in [0.2, 0.25) is 0 Å². The second-order valence-corrected chi connectivity index (χ2v) is 3.38. The van der Waals surface area contributed by atoms with Crippen LogP contribution < -0.4 is 0 Å². The molecule has 3 aliphatic heterocycles. The van der Waals surface area contributed by atoms with Crippen molar-refractivity contribution in [3.8, 4) is 0 Å². The first-order chi connectivity index (χ1) is 5.27. The van der Waals surface area contributed by atoms with Crippen LogP contribution in [0, 0.1) is 5.92 Å².